The molecule has 0 bridgehead atoms. The van der Waals surface area contributed by atoms with Crippen molar-refractivity contribution in [1.29, 1.82) is 0 Å². The zero-order valence-electron chi connectivity index (χ0n) is 13.5. The number of amides is 1. The van der Waals surface area contributed by atoms with Gasteiger partial charge in [0.15, 0.2) is 0 Å². The molecule has 2 nitrogen and oxygen atoms in total. The van der Waals surface area contributed by atoms with Crippen molar-refractivity contribution in [3.05, 3.63) is 83.4 Å². The zero-order chi connectivity index (χ0) is 15.9. The van der Waals surface area contributed by atoms with Gasteiger partial charge in [-0.25, -0.2) is 0 Å². The second-order valence-corrected chi connectivity index (χ2v) is 5.58. The summed E-state index contributed by atoms with van der Waals surface area (Å²) in [7, 11) is 1.87. The van der Waals surface area contributed by atoms with E-state index in [9.17, 15) is 4.79 Å². The summed E-state index contributed by atoms with van der Waals surface area (Å²) in [5.74, 6) is -0.129. The fraction of sp³-hybridized carbons (Fsp3) is 0.250. The van der Waals surface area contributed by atoms with Crippen molar-refractivity contribution in [2.45, 2.75) is 19.8 Å². The first kappa shape index (κ1) is 16.0. The van der Waals surface area contributed by atoms with Gasteiger partial charge in [-0.2, -0.15) is 0 Å². The maximum Gasteiger partial charge on any atom is 0.234 e. The molecule has 0 aromatic heterocycles. The van der Waals surface area contributed by atoms with Crippen molar-refractivity contribution in [1.82, 2.24) is 4.90 Å². The first-order chi connectivity index (χ1) is 10.6. The van der Waals surface area contributed by atoms with Gasteiger partial charge < -0.3 is 4.90 Å². The summed E-state index contributed by atoms with van der Waals surface area (Å²) in [6.07, 6.45) is 2.05. The number of likely N-dealkylation sites (N-methyl/N-ethyl adjacent to an activating group) is 1. The quantitative estimate of drug-likeness (QED) is 0.755. The van der Waals surface area contributed by atoms with Crippen LogP contribution in [0.5, 0.6) is 0 Å². The number of nitrogens with zero attached hydrogens (tertiary/aromatic N) is 1. The number of rotatable bonds is 5. The Morgan fingerprint density at radius 1 is 1.00 bits per heavy atom. The lowest BCUT2D eigenvalue weighted by atomic mass is 9.90. The maximum atomic E-state index is 13.0. The fourth-order valence-electron chi connectivity index (χ4n) is 2.53. The normalized spacial score (nSPS) is 11.5. The SMILES string of the molecule is C/C=C(\C)CN(C)C(=O)C(c1ccccc1)c1ccccc1. The van der Waals surface area contributed by atoms with E-state index in [-0.39, 0.29) is 11.8 Å². The highest BCUT2D eigenvalue weighted by Crippen LogP contribution is 2.26. The lowest BCUT2D eigenvalue weighted by molar-refractivity contribution is -0.130. The number of carbonyl (C=O) groups is 1. The smallest absolute Gasteiger partial charge is 0.234 e. The van der Waals surface area contributed by atoms with Gasteiger partial charge in [-0.05, 0) is 25.0 Å². The van der Waals surface area contributed by atoms with Crippen LogP contribution in [-0.4, -0.2) is 24.4 Å². The summed E-state index contributed by atoms with van der Waals surface area (Å²) in [4.78, 5) is 14.8. The number of benzene rings is 2. The minimum Gasteiger partial charge on any atom is -0.341 e. The maximum absolute atomic E-state index is 13.0. The summed E-state index contributed by atoms with van der Waals surface area (Å²) in [5.41, 5.74) is 3.25. The first-order valence-corrected chi connectivity index (χ1v) is 7.60. The number of carbonyl (C=O) groups excluding carboxylic acids is 1. The molecule has 0 heterocycles. The molecule has 0 saturated carbocycles. The highest BCUT2D eigenvalue weighted by molar-refractivity contribution is 5.87. The molecule has 0 aliphatic carbocycles. The number of hydrogen-bond acceptors (Lipinski definition) is 1. The second-order valence-electron chi connectivity index (χ2n) is 5.58. The third kappa shape index (κ3) is 3.85. The van der Waals surface area contributed by atoms with Gasteiger partial charge in [-0.15, -0.1) is 0 Å². The van der Waals surface area contributed by atoms with Gasteiger partial charge in [0.25, 0.3) is 0 Å². The van der Waals surface area contributed by atoms with Crippen LogP contribution in [0.1, 0.15) is 30.9 Å². The molecule has 0 radical (unpaired) electrons. The Bertz CT molecular complexity index is 592. The molecule has 0 aliphatic heterocycles. The van der Waals surface area contributed by atoms with Crippen molar-refractivity contribution >= 4 is 5.91 Å². The van der Waals surface area contributed by atoms with Crippen molar-refractivity contribution < 1.29 is 4.79 Å². The number of allylic oxidation sites excluding steroid dienone is 1. The Morgan fingerprint density at radius 2 is 1.45 bits per heavy atom. The molecular weight excluding hydrogens is 270 g/mol. The van der Waals surface area contributed by atoms with Crippen LogP contribution in [0.2, 0.25) is 0 Å². The van der Waals surface area contributed by atoms with E-state index in [0.717, 1.165) is 11.1 Å². The predicted octanol–water partition coefficient (Wildman–Crippen LogP) is 4.24. The van der Waals surface area contributed by atoms with Crippen LogP contribution in [0, 0.1) is 0 Å². The van der Waals surface area contributed by atoms with E-state index < -0.39 is 0 Å². The zero-order valence-corrected chi connectivity index (χ0v) is 13.5. The van der Waals surface area contributed by atoms with Crippen LogP contribution in [0.3, 0.4) is 0 Å². The molecule has 0 atom stereocenters. The average molecular weight is 293 g/mol. The molecule has 0 aliphatic rings. The van der Waals surface area contributed by atoms with Gasteiger partial charge in [0.1, 0.15) is 0 Å². The summed E-state index contributed by atoms with van der Waals surface area (Å²) in [6, 6.07) is 20.0. The van der Waals surface area contributed by atoms with E-state index in [1.807, 2.05) is 87.6 Å². The van der Waals surface area contributed by atoms with Gasteiger partial charge in [-0.1, -0.05) is 72.3 Å². The minimum absolute atomic E-state index is 0.124. The molecule has 0 fully saturated rings. The van der Waals surface area contributed by atoms with Crippen LogP contribution in [0.4, 0.5) is 0 Å². The Morgan fingerprint density at radius 3 is 1.86 bits per heavy atom. The van der Waals surface area contributed by atoms with Gasteiger partial charge in [0.05, 0.1) is 5.92 Å². The van der Waals surface area contributed by atoms with E-state index in [1.54, 1.807) is 4.90 Å². The molecule has 0 saturated heterocycles. The monoisotopic (exact) mass is 293 g/mol. The van der Waals surface area contributed by atoms with E-state index in [1.165, 1.54) is 5.57 Å². The highest BCUT2D eigenvalue weighted by atomic mass is 16.2. The summed E-state index contributed by atoms with van der Waals surface area (Å²) in [5, 5.41) is 0. The summed E-state index contributed by atoms with van der Waals surface area (Å²) < 4.78 is 0. The van der Waals surface area contributed by atoms with Crippen LogP contribution in [0.25, 0.3) is 0 Å². The topological polar surface area (TPSA) is 20.3 Å². The van der Waals surface area contributed by atoms with Gasteiger partial charge in [0.2, 0.25) is 5.91 Å². The molecule has 2 rings (SSSR count). The van der Waals surface area contributed by atoms with Crippen LogP contribution < -0.4 is 0 Å². The molecule has 0 unspecified atom stereocenters. The van der Waals surface area contributed by atoms with Crippen LogP contribution >= 0.6 is 0 Å². The molecule has 2 aromatic carbocycles. The molecule has 2 heteroatoms. The minimum atomic E-state index is -0.253. The molecule has 2 aromatic rings. The molecular formula is C20H23NO. The van der Waals surface area contributed by atoms with Crippen LogP contribution in [-0.2, 0) is 4.79 Å². The number of hydrogen-bond donors (Lipinski definition) is 0. The molecule has 1 amide bonds. The van der Waals surface area contributed by atoms with Gasteiger partial charge >= 0.3 is 0 Å². The average Bonchev–Trinajstić information content (AvgIpc) is 2.56. The third-order valence-corrected chi connectivity index (χ3v) is 3.87. The standard InChI is InChI=1S/C20H23NO/c1-4-16(2)15-21(3)20(22)19(17-11-7-5-8-12-17)18-13-9-6-10-14-18/h4-14,19H,15H2,1-3H3/b16-4+. The largest absolute Gasteiger partial charge is 0.341 e. The van der Waals surface area contributed by atoms with E-state index in [0.29, 0.717) is 6.54 Å². The Kier molecular flexibility index (Phi) is 5.54. The summed E-state index contributed by atoms with van der Waals surface area (Å²) >= 11 is 0. The first-order valence-electron chi connectivity index (χ1n) is 7.60. The van der Waals surface area contributed by atoms with E-state index in [2.05, 4.69) is 0 Å². The summed E-state index contributed by atoms with van der Waals surface area (Å²) in [6.45, 7) is 4.70. The molecule has 0 N–H and O–H groups in total. The molecule has 0 spiro atoms. The van der Waals surface area contributed by atoms with Crippen molar-refractivity contribution in [3.8, 4) is 0 Å². The van der Waals surface area contributed by atoms with E-state index in [4.69, 9.17) is 0 Å². The Labute approximate surface area is 133 Å². The third-order valence-electron chi connectivity index (χ3n) is 3.87. The Balaban J connectivity index is 2.35. The predicted molar refractivity (Wildman–Crippen MR) is 91.8 cm³/mol. The Hall–Kier alpha value is -2.35. The van der Waals surface area contributed by atoms with Crippen molar-refractivity contribution in [2.75, 3.05) is 13.6 Å². The second kappa shape index (κ2) is 7.60. The lowest BCUT2D eigenvalue weighted by Gasteiger charge is -2.25. The fourth-order valence-corrected chi connectivity index (χ4v) is 2.53. The van der Waals surface area contributed by atoms with Crippen molar-refractivity contribution in [3.63, 3.8) is 0 Å². The van der Waals surface area contributed by atoms with Gasteiger partial charge in [0, 0.05) is 13.6 Å². The van der Waals surface area contributed by atoms with Crippen LogP contribution in [0.15, 0.2) is 72.3 Å². The highest BCUT2D eigenvalue weighted by Gasteiger charge is 2.25. The molecule has 114 valence electrons. The lowest BCUT2D eigenvalue weighted by Crippen LogP contribution is -2.33. The molecule has 22 heavy (non-hydrogen) atoms. The van der Waals surface area contributed by atoms with E-state index >= 15 is 0 Å². The van der Waals surface area contributed by atoms with Crippen molar-refractivity contribution in [2.24, 2.45) is 0 Å². The van der Waals surface area contributed by atoms with Gasteiger partial charge in [-0.3, -0.25) is 4.79 Å².